The Kier molecular flexibility index (Phi) is 2.14. The summed E-state index contributed by atoms with van der Waals surface area (Å²) in [4.78, 5) is 1.43. The number of hydrogen-bond donors (Lipinski definition) is 1. The molecule has 2 aliphatic carbocycles. The van der Waals surface area contributed by atoms with E-state index in [-0.39, 0.29) is 0 Å². The summed E-state index contributed by atoms with van der Waals surface area (Å²) in [6.07, 6.45) is 4.39. The van der Waals surface area contributed by atoms with E-state index >= 15 is 0 Å². The van der Waals surface area contributed by atoms with Crippen LogP contribution in [0.3, 0.4) is 0 Å². The third-order valence-electron chi connectivity index (χ3n) is 3.70. The average Bonchev–Trinajstić information content (AvgIpc) is 2.66. The summed E-state index contributed by atoms with van der Waals surface area (Å²) in [6, 6.07) is 3.14. The molecule has 0 spiro atoms. The summed E-state index contributed by atoms with van der Waals surface area (Å²) in [5, 5.41) is 5.99. The van der Waals surface area contributed by atoms with Gasteiger partial charge in [0.2, 0.25) is 0 Å². The molecule has 14 heavy (non-hydrogen) atoms. The largest absolute Gasteiger partial charge is 0.310 e. The lowest BCUT2D eigenvalue weighted by Gasteiger charge is -2.13. The van der Waals surface area contributed by atoms with Crippen LogP contribution in [0.4, 0.5) is 0 Å². The van der Waals surface area contributed by atoms with Gasteiger partial charge in [-0.25, -0.2) is 0 Å². The van der Waals surface area contributed by atoms with Crippen molar-refractivity contribution in [1.29, 1.82) is 0 Å². The van der Waals surface area contributed by atoms with Gasteiger partial charge in [0.25, 0.3) is 0 Å². The molecular weight excluding hydrogens is 190 g/mol. The van der Waals surface area contributed by atoms with Gasteiger partial charge in [-0.3, -0.25) is 0 Å². The van der Waals surface area contributed by atoms with Crippen LogP contribution in [0.25, 0.3) is 0 Å². The molecule has 0 saturated heterocycles. The highest BCUT2D eigenvalue weighted by atomic mass is 32.1. The van der Waals surface area contributed by atoms with Crippen LogP contribution in [-0.2, 0) is 6.54 Å². The first-order valence-electron chi connectivity index (χ1n) is 5.60. The molecule has 2 saturated carbocycles. The summed E-state index contributed by atoms with van der Waals surface area (Å²) < 4.78 is 0. The van der Waals surface area contributed by atoms with Crippen molar-refractivity contribution in [2.24, 2.45) is 11.8 Å². The average molecular weight is 207 g/mol. The van der Waals surface area contributed by atoms with E-state index in [1.54, 1.807) is 0 Å². The van der Waals surface area contributed by atoms with E-state index in [1.807, 2.05) is 11.3 Å². The minimum atomic E-state index is 0.834. The number of fused-ring (bicyclic) bond motifs is 1. The molecular formula is C12H17NS. The van der Waals surface area contributed by atoms with Gasteiger partial charge in [0.1, 0.15) is 0 Å². The molecule has 2 fully saturated rings. The maximum Gasteiger partial charge on any atom is 0.0216 e. The zero-order valence-corrected chi connectivity index (χ0v) is 9.44. The Morgan fingerprint density at radius 3 is 3.00 bits per heavy atom. The normalized spacial score (nSPS) is 34.5. The van der Waals surface area contributed by atoms with Crippen LogP contribution in [0.5, 0.6) is 0 Å². The van der Waals surface area contributed by atoms with Crippen LogP contribution >= 0.6 is 11.3 Å². The molecule has 3 atom stereocenters. The van der Waals surface area contributed by atoms with Crippen LogP contribution in [0.1, 0.15) is 29.7 Å². The van der Waals surface area contributed by atoms with Gasteiger partial charge in [0.05, 0.1) is 0 Å². The molecule has 0 amide bonds. The molecule has 1 aromatic rings. The second kappa shape index (κ2) is 3.35. The van der Waals surface area contributed by atoms with E-state index in [0.717, 1.165) is 24.4 Å². The third kappa shape index (κ3) is 1.61. The standard InChI is InChI=1S/C12H17NS/c1-8-4-9(7-14-8)6-13-12-3-2-10-5-11(10)12/h4,7,10-13H,2-3,5-6H2,1H3. The summed E-state index contributed by atoms with van der Waals surface area (Å²) in [7, 11) is 0. The molecule has 1 nitrogen and oxygen atoms in total. The van der Waals surface area contributed by atoms with Gasteiger partial charge in [0, 0.05) is 17.5 Å². The molecule has 3 rings (SSSR count). The molecule has 3 unspecified atom stereocenters. The minimum absolute atomic E-state index is 0.834. The zero-order valence-electron chi connectivity index (χ0n) is 8.62. The predicted molar refractivity (Wildman–Crippen MR) is 60.5 cm³/mol. The number of nitrogens with one attached hydrogen (secondary N) is 1. The van der Waals surface area contributed by atoms with Gasteiger partial charge < -0.3 is 5.32 Å². The smallest absolute Gasteiger partial charge is 0.0216 e. The first-order valence-corrected chi connectivity index (χ1v) is 6.48. The van der Waals surface area contributed by atoms with E-state index in [9.17, 15) is 0 Å². The van der Waals surface area contributed by atoms with Gasteiger partial charge in [-0.05, 0) is 55.0 Å². The van der Waals surface area contributed by atoms with E-state index in [4.69, 9.17) is 0 Å². The van der Waals surface area contributed by atoms with Crippen molar-refractivity contribution in [3.63, 3.8) is 0 Å². The second-order valence-electron chi connectivity index (χ2n) is 4.79. The molecule has 2 aliphatic rings. The lowest BCUT2D eigenvalue weighted by molar-refractivity contribution is 0.475. The van der Waals surface area contributed by atoms with Crippen molar-refractivity contribution in [2.45, 2.75) is 38.8 Å². The van der Waals surface area contributed by atoms with Gasteiger partial charge >= 0.3 is 0 Å². The van der Waals surface area contributed by atoms with Crippen molar-refractivity contribution >= 4 is 11.3 Å². The minimum Gasteiger partial charge on any atom is -0.310 e. The number of aryl methyl sites for hydroxylation is 1. The van der Waals surface area contributed by atoms with E-state index in [1.165, 1.54) is 29.7 Å². The van der Waals surface area contributed by atoms with Crippen LogP contribution in [0, 0.1) is 18.8 Å². The van der Waals surface area contributed by atoms with Crippen LogP contribution in [0.15, 0.2) is 11.4 Å². The van der Waals surface area contributed by atoms with Crippen molar-refractivity contribution in [2.75, 3.05) is 0 Å². The second-order valence-corrected chi connectivity index (χ2v) is 5.91. The van der Waals surface area contributed by atoms with E-state index in [0.29, 0.717) is 0 Å². The molecule has 0 radical (unpaired) electrons. The van der Waals surface area contributed by atoms with Gasteiger partial charge in [0.15, 0.2) is 0 Å². The molecule has 1 aromatic heterocycles. The highest BCUT2D eigenvalue weighted by Gasteiger charge is 2.47. The quantitative estimate of drug-likeness (QED) is 0.803. The van der Waals surface area contributed by atoms with E-state index in [2.05, 4.69) is 23.7 Å². The SMILES string of the molecule is Cc1cc(CNC2CCC3CC32)cs1. The lowest BCUT2D eigenvalue weighted by atomic mass is 10.1. The maximum absolute atomic E-state index is 3.71. The maximum atomic E-state index is 3.71. The molecule has 0 aliphatic heterocycles. The number of rotatable bonds is 3. The van der Waals surface area contributed by atoms with Crippen molar-refractivity contribution < 1.29 is 0 Å². The van der Waals surface area contributed by atoms with Crippen LogP contribution < -0.4 is 5.32 Å². The molecule has 1 heterocycles. The van der Waals surface area contributed by atoms with Gasteiger partial charge in [-0.2, -0.15) is 0 Å². The van der Waals surface area contributed by atoms with Gasteiger partial charge in [-0.1, -0.05) is 0 Å². The molecule has 76 valence electrons. The Morgan fingerprint density at radius 1 is 1.50 bits per heavy atom. The topological polar surface area (TPSA) is 12.0 Å². The highest BCUT2D eigenvalue weighted by Crippen LogP contribution is 2.51. The van der Waals surface area contributed by atoms with Crippen LogP contribution in [0.2, 0.25) is 0 Å². The number of hydrogen-bond acceptors (Lipinski definition) is 2. The monoisotopic (exact) mass is 207 g/mol. The Labute approximate surface area is 89.5 Å². The zero-order chi connectivity index (χ0) is 9.54. The van der Waals surface area contributed by atoms with Crippen molar-refractivity contribution in [3.05, 3.63) is 21.9 Å². The third-order valence-corrected chi connectivity index (χ3v) is 4.61. The fourth-order valence-corrected chi connectivity index (χ4v) is 3.50. The van der Waals surface area contributed by atoms with Crippen molar-refractivity contribution in [1.82, 2.24) is 5.32 Å². The summed E-state index contributed by atoms with van der Waals surface area (Å²) >= 11 is 1.86. The Morgan fingerprint density at radius 2 is 2.43 bits per heavy atom. The molecule has 0 aromatic carbocycles. The lowest BCUT2D eigenvalue weighted by Crippen LogP contribution is -2.28. The first kappa shape index (κ1) is 8.93. The fraction of sp³-hybridized carbons (Fsp3) is 0.667. The fourth-order valence-electron chi connectivity index (χ4n) is 2.80. The number of thiophene rings is 1. The van der Waals surface area contributed by atoms with Crippen molar-refractivity contribution in [3.8, 4) is 0 Å². The van der Waals surface area contributed by atoms with Gasteiger partial charge in [-0.15, -0.1) is 11.3 Å². The predicted octanol–water partition coefficient (Wildman–Crippen LogP) is 2.94. The summed E-state index contributed by atoms with van der Waals surface area (Å²) in [6.45, 7) is 3.26. The first-order chi connectivity index (χ1) is 6.83. The molecule has 0 bridgehead atoms. The summed E-state index contributed by atoms with van der Waals surface area (Å²) in [5.74, 6) is 2.13. The van der Waals surface area contributed by atoms with Crippen LogP contribution in [-0.4, -0.2) is 6.04 Å². The summed E-state index contributed by atoms with van der Waals surface area (Å²) in [5.41, 5.74) is 1.47. The highest BCUT2D eigenvalue weighted by molar-refractivity contribution is 7.10. The Hall–Kier alpha value is -0.340. The molecule has 1 N–H and O–H groups in total. The Balaban J connectivity index is 1.54. The molecule has 2 heteroatoms. The van der Waals surface area contributed by atoms with E-state index < -0.39 is 0 Å². The Bertz CT molecular complexity index is 331.